The standard InChI is InChI=1S/C25H29N3O4/c1-17-20(16-26-24(31)32-25(2,3)4)27-22(19-12-8-9-13-21(19)29)28(23(17)30)15-14-18-10-6-5-7-11-18/h5-13,29H,14-16H2,1-4H3,(H,26,31). The minimum atomic E-state index is -0.631. The van der Waals surface area contributed by atoms with Crippen molar-refractivity contribution in [1.82, 2.24) is 14.9 Å². The molecule has 0 aliphatic rings. The molecular weight excluding hydrogens is 406 g/mol. The Morgan fingerprint density at radius 3 is 2.41 bits per heavy atom. The van der Waals surface area contributed by atoms with Gasteiger partial charge in [-0.2, -0.15) is 0 Å². The van der Waals surface area contributed by atoms with Gasteiger partial charge in [0.1, 0.15) is 17.2 Å². The first-order valence-electron chi connectivity index (χ1n) is 10.5. The van der Waals surface area contributed by atoms with E-state index in [-0.39, 0.29) is 17.9 Å². The van der Waals surface area contributed by atoms with Gasteiger partial charge in [0.15, 0.2) is 0 Å². The molecule has 0 aliphatic heterocycles. The normalized spacial score (nSPS) is 11.2. The average Bonchev–Trinajstić information content (AvgIpc) is 2.74. The Kier molecular flexibility index (Phi) is 6.98. The number of hydrogen-bond acceptors (Lipinski definition) is 5. The molecule has 3 rings (SSSR count). The summed E-state index contributed by atoms with van der Waals surface area (Å²) in [5.41, 5.74) is 1.57. The molecule has 0 unspecified atom stereocenters. The Labute approximate surface area is 187 Å². The van der Waals surface area contributed by atoms with Gasteiger partial charge in [0.05, 0.1) is 17.8 Å². The molecule has 0 bridgehead atoms. The predicted molar refractivity (Wildman–Crippen MR) is 124 cm³/mol. The Morgan fingerprint density at radius 1 is 1.09 bits per heavy atom. The van der Waals surface area contributed by atoms with Gasteiger partial charge in [-0.3, -0.25) is 9.36 Å². The highest BCUT2D eigenvalue weighted by Gasteiger charge is 2.20. The lowest BCUT2D eigenvalue weighted by Crippen LogP contribution is -2.34. The largest absolute Gasteiger partial charge is 0.507 e. The summed E-state index contributed by atoms with van der Waals surface area (Å²) in [5, 5.41) is 13.1. The van der Waals surface area contributed by atoms with Crippen LogP contribution in [-0.2, 0) is 24.2 Å². The molecule has 168 valence electrons. The predicted octanol–water partition coefficient (Wildman–Crippen LogP) is 4.19. The summed E-state index contributed by atoms with van der Waals surface area (Å²) in [7, 11) is 0. The van der Waals surface area contributed by atoms with Crippen molar-refractivity contribution in [3.05, 3.63) is 81.8 Å². The van der Waals surface area contributed by atoms with Gasteiger partial charge in [-0.15, -0.1) is 0 Å². The third-order valence-corrected chi connectivity index (χ3v) is 4.91. The van der Waals surface area contributed by atoms with E-state index in [1.807, 2.05) is 30.3 Å². The lowest BCUT2D eigenvalue weighted by atomic mass is 10.1. The maximum Gasteiger partial charge on any atom is 0.407 e. The highest BCUT2D eigenvalue weighted by molar-refractivity contribution is 5.68. The van der Waals surface area contributed by atoms with Crippen LogP contribution in [0.15, 0.2) is 59.4 Å². The van der Waals surface area contributed by atoms with E-state index in [0.29, 0.717) is 35.6 Å². The van der Waals surface area contributed by atoms with Crippen LogP contribution in [0.25, 0.3) is 11.4 Å². The van der Waals surface area contributed by atoms with Crippen molar-refractivity contribution in [1.29, 1.82) is 0 Å². The Bertz CT molecular complexity index is 1150. The quantitative estimate of drug-likeness (QED) is 0.606. The molecule has 1 heterocycles. The third-order valence-electron chi connectivity index (χ3n) is 4.91. The number of alkyl carbamates (subject to hydrolysis) is 1. The minimum Gasteiger partial charge on any atom is -0.507 e. The Morgan fingerprint density at radius 2 is 1.75 bits per heavy atom. The molecule has 0 fully saturated rings. The van der Waals surface area contributed by atoms with Gasteiger partial charge in [0.25, 0.3) is 5.56 Å². The maximum absolute atomic E-state index is 13.3. The number of hydrogen-bond donors (Lipinski definition) is 2. The van der Waals surface area contributed by atoms with Crippen LogP contribution in [0.4, 0.5) is 4.79 Å². The van der Waals surface area contributed by atoms with E-state index in [4.69, 9.17) is 4.74 Å². The first kappa shape index (κ1) is 23.1. The molecule has 0 saturated heterocycles. The van der Waals surface area contributed by atoms with Gasteiger partial charge < -0.3 is 15.2 Å². The summed E-state index contributed by atoms with van der Waals surface area (Å²) in [6, 6.07) is 16.6. The molecular formula is C25H29N3O4. The molecule has 0 spiro atoms. The zero-order chi connectivity index (χ0) is 23.3. The van der Waals surface area contributed by atoms with Gasteiger partial charge in [0.2, 0.25) is 0 Å². The first-order valence-corrected chi connectivity index (χ1v) is 10.5. The van der Waals surface area contributed by atoms with Crippen LogP contribution in [0.1, 0.15) is 37.6 Å². The van der Waals surface area contributed by atoms with Gasteiger partial charge in [-0.1, -0.05) is 42.5 Å². The fraction of sp³-hybridized carbons (Fsp3) is 0.320. The molecule has 0 atom stereocenters. The number of ether oxygens (including phenoxy) is 1. The Balaban J connectivity index is 1.97. The van der Waals surface area contributed by atoms with Gasteiger partial charge >= 0.3 is 6.09 Å². The average molecular weight is 436 g/mol. The summed E-state index contributed by atoms with van der Waals surface area (Å²) < 4.78 is 6.85. The van der Waals surface area contributed by atoms with E-state index in [2.05, 4.69) is 10.3 Å². The molecule has 2 aromatic carbocycles. The van der Waals surface area contributed by atoms with Crippen molar-refractivity contribution < 1.29 is 14.6 Å². The smallest absolute Gasteiger partial charge is 0.407 e. The molecule has 0 radical (unpaired) electrons. The van der Waals surface area contributed by atoms with Crippen LogP contribution in [0.2, 0.25) is 0 Å². The van der Waals surface area contributed by atoms with E-state index >= 15 is 0 Å². The van der Waals surface area contributed by atoms with Crippen LogP contribution in [0.3, 0.4) is 0 Å². The number of aromatic hydroxyl groups is 1. The van der Waals surface area contributed by atoms with E-state index in [0.717, 1.165) is 5.56 Å². The van der Waals surface area contributed by atoms with Crippen molar-refractivity contribution >= 4 is 6.09 Å². The molecule has 0 aliphatic carbocycles. The number of nitrogens with zero attached hydrogens (tertiary/aromatic N) is 2. The molecule has 0 saturated carbocycles. The fourth-order valence-corrected chi connectivity index (χ4v) is 3.30. The SMILES string of the molecule is Cc1c(CNC(=O)OC(C)(C)C)nc(-c2ccccc2O)n(CCc2ccccc2)c1=O. The van der Waals surface area contributed by atoms with E-state index < -0.39 is 11.7 Å². The second-order valence-corrected chi connectivity index (χ2v) is 8.57. The number of amides is 1. The number of carbonyl (C=O) groups is 1. The number of aromatic nitrogens is 2. The van der Waals surface area contributed by atoms with E-state index in [9.17, 15) is 14.7 Å². The second kappa shape index (κ2) is 9.68. The number of phenols is 1. The van der Waals surface area contributed by atoms with Crippen LogP contribution in [0, 0.1) is 6.92 Å². The number of carbonyl (C=O) groups excluding carboxylic acids is 1. The summed E-state index contributed by atoms with van der Waals surface area (Å²) in [5.74, 6) is 0.387. The highest BCUT2D eigenvalue weighted by atomic mass is 16.6. The van der Waals surface area contributed by atoms with Crippen molar-refractivity contribution in [3.63, 3.8) is 0 Å². The second-order valence-electron chi connectivity index (χ2n) is 8.57. The summed E-state index contributed by atoms with van der Waals surface area (Å²) >= 11 is 0. The molecule has 1 aromatic heterocycles. The molecule has 32 heavy (non-hydrogen) atoms. The zero-order valence-corrected chi connectivity index (χ0v) is 18.9. The van der Waals surface area contributed by atoms with Crippen molar-refractivity contribution in [2.75, 3.05) is 0 Å². The Hall–Kier alpha value is -3.61. The summed E-state index contributed by atoms with van der Waals surface area (Å²) in [4.78, 5) is 30.0. The monoisotopic (exact) mass is 435 g/mol. The van der Waals surface area contributed by atoms with Crippen molar-refractivity contribution in [3.8, 4) is 17.1 Å². The van der Waals surface area contributed by atoms with Crippen molar-refractivity contribution in [2.24, 2.45) is 0 Å². The van der Waals surface area contributed by atoms with Crippen LogP contribution in [0.5, 0.6) is 5.75 Å². The number of nitrogens with one attached hydrogen (secondary N) is 1. The zero-order valence-electron chi connectivity index (χ0n) is 18.9. The summed E-state index contributed by atoms with van der Waals surface area (Å²) in [6.45, 7) is 7.46. The molecule has 2 N–H and O–H groups in total. The van der Waals surface area contributed by atoms with E-state index in [1.165, 1.54) is 0 Å². The number of benzene rings is 2. The number of para-hydroxylation sites is 1. The van der Waals surface area contributed by atoms with Crippen LogP contribution < -0.4 is 10.9 Å². The fourth-order valence-electron chi connectivity index (χ4n) is 3.30. The van der Waals surface area contributed by atoms with Gasteiger partial charge in [0, 0.05) is 12.1 Å². The molecule has 3 aromatic rings. The van der Waals surface area contributed by atoms with Crippen LogP contribution >= 0.6 is 0 Å². The number of rotatable bonds is 6. The maximum atomic E-state index is 13.3. The lowest BCUT2D eigenvalue weighted by Gasteiger charge is -2.20. The van der Waals surface area contributed by atoms with Gasteiger partial charge in [-0.25, -0.2) is 9.78 Å². The van der Waals surface area contributed by atoms with Gasteiger partial charge in [-0.05, 0) is 51.8 Å². The molecule has 7 nitrogen and oxygen atoms in total. The number of aryl methyl sites for hydroxylation is 1. The lowest BCUT2D eigenvalue weighted by molar-refractivity contribution is 0.0522. The third kappa shape index (κ3) is 5.75. The topological polar surface area (TPSA) is 93.4 Å². The highest BCUT2D eigenvalue weighted by Crippen LogP contribution is 2.27. The molecule has 7 heteroatoms. The first-order chi connectivity index (χ1) is 15.2. The van der Waals surface area contributed by atoms with Crippen LogP contribution in [-0.4, -0.2) is 26.4 Å². The van der Waals surface area contributed by atoms with Crippen molar-refractivity contribution in [2.45, 2.75) is 52.8 Å². The molecule has 1 amide bonds. The summed E-state index contributed by atoms with van der Waals surface area (Å²) in [6.07, 6.45) is 0.0499. The number of phenolic OH excluding ortho intramolecular Hbond substituents is 1. The van der Waals surface area contributed by atoms with E-state index in [1.54, 1.807) is 56.5 Å². The minimum absolute atomic E-state index is 0.0303.